The van der Waals surface area contributed by atoms with E-state index in [1.165, 1.54) is 6.33 Å². The molecule has 8 heteroatoms. The molecular weight excluding hydrogens is 296 g/mol. The number of anilines is 1. The molecule has 0 saturated heterocycles. The number of nitrogens with zero attached hydrogens (tertiary/aromatic N) is 5. The number of hydrogen-bond acceptors (Lipinski definition) is 5. The van der Waals surface area contributed by atoms with Crippen molar-refractivity contribution in [3.63, 3.8) is 0 Å². The summed E-state index contributed by atoms with van der Waals surface area (Å²) in [7, 11) is 1.78. The molecule has 1 N–H and O–H groups in total. The molecule has 0 fully saturated rings. The highest BCUT2D eigenvalue weighted by Gasteiger charge is 2.20. The van der Waals surface area contributed by atoms with Crippen LogP contribution in [0.4, 0.5) is 10.6 Å². The summed E-state index contributed by atoms with van der Waals surface area (Å²) >= 11 is 0. The fourth-order valence-corrected chi connectivity index (χ4v) is 2.23. The highest BCUT2D eigenvalue weighted by molar-refractivity contribution is 5.91. The molecule has 3 rings (SSSR count). The summed E-state index contributed by atoms with van der Waals surface area (Å²) in [6.07, 6.45) is 4.53. The molecule has 3 aromatic rings. The van der Waals surface area contributed by atoms with Crippen molar-refractivity contribution in [2.24, 2.45) is 7.05 Å². The molecule has 0 spiro atoms. The van der Waals surface area contributed by atoms with E-state index in [1.807, 2.05) is 18.3 Å². The smallest absolute Gasteiger partial charge is 0.413 e. The molecule has 3 aromatic heterocycles. The Hall–Kier alpha value is -2.90. The van der Waals surface area contributed by atoms with Crippen LogP contribution in [0, 0.1) is 0 Å². The third-order valence-electron chi connectivity index (χ3n) is 3.04. The van der Waals surface area contributed by atoms with Crippen LogP contribution in [0.3, 0.4) is 0 Å². The molecule has 0 saturated carbocycles. The molecule has 0 atom stereocenters. The van der Waals surface area contributed by atoms with Crippen molar-refractivity contribution in [1.29, 1.82) is 0 Å². The summed E-state index contributed by atoms with van der Waals surface area (Å²) in [5, 5.41) is 11.1. The van der Waals surface area contributed by atoms with E-state index in [4.69, 9.17) is 4.74 Å². The first-order chi connectivity index (χ1) is 10.8. The minimum atomic E-state index is -0.581. The first-order valence-electron chi connectivity index (χ1n) is 7.16. The third-order valence-corrected chi connectivity index (χ3v) is 3.04. The first-order valence-corrected chi connectivity index (χ1v) is 7.16. The summed E-state index contributed by atoms with van der Waals surface area (Å²) in [6, 6.07) is 3.78. The Labute approximate surface area is 133 Å². The number of amides is 1. The van der Waals surface area contributed by atoms with Gasteiger partial charge in [0.2, 0.25) is 0 Å². The number of nitrogens with one attached hydrogen (secondary N) is 1. The Kier molecular flexibility index (Phi) is 3.51. The van der Waals surface area contributed by atoms with E-state index in [0.29, 0.717) is 17.1 Å². The lowest BCUT2D eigenvalue weighted by Crippen LogP contribution is -2.27. The van der Waals surface area contributed by atoms with Gasteiger partial charge in [0.25, 0.3) is 0 Å². The predicted molar refractivity (Wildman–Crippen MR) is 85.0 cm³/mol. The molecule has 23 heavy (non-hydrogen) atoms. The average Bonchev–Trinajstić information content (AvgIpc) is 3.02. The Morgan fingerprint density at radius 3 is 2.87 bits per heavy atom. The predicted octanol–water partition coefficient (Wildman–Crippen LogP) is 2.48. The van der Waals surface area contributed by atoms with Crippen molar-refractivity contribution < 1.29 is 9.53 Å². The van der Waals surface area contributed by atoms with Gasteiger partial charge in [0.1, 0.15) is 17.6 Å². The maximum Gasteiger partial charge on any atom is 0.413 e. The number of rotatable bonds is 2. The standard InChI is InChI=1S/C15H18N6O2/c1-15(2,3)23-14(22)18-13-10(8-20(4)19-13)12-11-6-5-7-21(11)17-9-16-12/h5-9H,1-4H3,(H,18,19,22). The van der Waals surface area contributed by atoms with Gasteiger partial charge >= 0.3 is 6.09 Å². The van der Waals surface area contributed by atoms with Crippen LogP contribution in [-0.2, 0) is 11.8 Å². The fraction of sp³-hybridized carbons (Fsp3) is 0.333. The van der Waals surface area contributed by atoms with Crippen LogP contribution in [0.5, 0.6) is 0 Å². The molecule has 0 aliphatic rings. The SMILES string of the molecule is Cn1cc(-c2ncnn3cccc23)c(NC(=O)OC(C)(C)C)n1. The largest absolute Gasteiger partial charge is 0.444 e. The van der Waals surface area contributed by atoms with Crippen LogP contribution in [0.25, 0.3) is 16.8 Å². The van der Waals surface area contributed by atoms with Gasteiger partial charge in [-0.3, -0.25) is 10.00 Å². The molecule has 0 aromatic carbocycles. The number of fused-ring (bicyclic) bond motifs is 1. The molecule has 1 amide bonds. The van der Waals surface area contributed by atoms with Gasteiger partial charge in [-0.1, -0.05) is 0 Å². The van der Waals surface area contributed by atoms with Crippen molar-refractivity contribution in [2.75, 3.05) is 5.32 Å². The number of hydrogen-bond donors (Lipinski definition) is 1. The van der Waals surface area contributed by atoms with Crippen molar-refractivity contribution >= 4 is 17.4 Å². The zero-order chi connectivity index (χ0) is 16.6. The molecule has 0 bridgehead atoms. The van der Waals surface area contributed by atoms with Crippen molar-refractivity contribution in [3.8, 4) is 11.3 Å². The minimum absolute atomic E-state index is 0.392. The van der Waals surface area contributed by atoms with Crippen molar-refractivity contribution in [1.82, 2.24) is 24.4 Å². The van der Waals surface area contributed by atoms with Gasteiger partial charge in [-0.25, -0.2) is 14.3 Å². The zero-order valence-electron chi connectivity index (χ0n) is 13.4. The average molecular weight is 314 g/mol. The fourth-order valence-electron chi connectivity index (χ4n) is 2.23. The molecule has 8 nitrogen and oxygen atoms in total. The second kappa shape index (κ2) is 5.38. The van der Waals surface area contributed by atoms with Gasteiger partial charge in [-0.15, -0.1) is 0 Å². The quantitative estimate of drug-likeness (QED) is 0.785. The summed E-state index contributed by atoms with van der Waals surface area (Å²) in [5.74, 6) is 0.392. The van der Waals surface area contributed by atoms with Crippen molar-refractivity contribution in [3.05, 3.63) is 30.9 Å². The van der Waals surface area contributed by atoms with Gasteiger partial charge in [0, 0.05) is 19.4 Å². The first kappa shape index (κ1) is 15.0. The Balaban J connectivity index is 1.98. The van der Waals surface area contributed by atoms with E-state index in [-0.39, 0.29) is 0 Å². The Morgan fingerprint density at radius 1 is 1.35 bits per heavy atom. The maximum absolute atomic E-state index is 12.0. The van der Waals surface area contributed by atoms with Crippen LogP contribution >= 0.6 is 0 Å². The number of ether oxygens (including phenoxy) is 1. The second-order valence-corrected chi connectivity index (χ2v) is 6.14. The maximum atomic E-state index is 12.0. The molecule has 0 unspecified atom stereocenters. The van der Waals surface area contributed by atoms with Gasteiger partial charge < -0.3 is 4.74 Å². The molecule has 0 aliphatic carbocycles. The van der Waals surface area contributed by atoms with Gasteiger partial charge in [0.15, 0.2) is 5.82 Å². The Morgan fingerprint density at radius 2 is 2.13 bits per heavy atom. The summed E-state index contributed by atoms with van der Waals surface area (Å²) in [5.41, 5.74) is 1.63. The zero-order valence-corrected chi connectivity index (χ0v) is 13.4. The molecule has 0 radical (unpaired) electrons. The number of carbonyl (C=O) groups is 1. The van der Waals surface area contributed by atoms with Crippen LogP contribution in [0.1, 0.15) is 20.8 Å². The third kappa shape index (κ3) is 3.15. The topological polar surface area (TPSA) is 86.3 Å². The molecule has 120 valence electrons. The molecular formula is C15H18N6O2. The van der Waals surface area contributed by atoms with Crippen LogP contribution in [0.2, 0.25) is 0 Å². The van der Waals surface area contributed by atoms with E-state index in [1.54, 1.807) is 43.2 Å². The van der Waals surface area contributed by atoms with Crippen LogP contribution in [0.15, 0.2) is 30.9 Å². The number of carbonyl (C=O) groups excluding carboxylic acids is 1. The van der Waals surface area contributed by atoms with Gasteiger partial charge in [0.05, 0.1) is 11.1 Å². The van der Waals surface area contributed by atoms with E-state index >= 15 is 0 Å². The molecule has 0 aliphatic heterocycles. The lowest BCUT2D eigenvalue weighted by molar-refractivity contribution is 0.0635. The highest BCUT2D eigenvalue weighted by atomic mass is 16.6. The monoisotopic (exact) mass is 314 g/mol. The van der Waals surface area contributed by atoms with Gasteiger partial charge in [-0.05, 0) is 32.9 Å². The normalized spacial score (nSPS) is 11.7. The van der Waals surface area contributed by atoms with Crippen molar-refractivity contribution in [2.45, 2.75) is 26.4 Å². The van der Waals surface area contributed by atoms with E-state index in [2.05, 4.69) is 20.5 Å². The summed E-state index contributed by atoms with van der Waals surface area (Å²) in [4.78, 5) is 16.3. The van der Waals surface area contributed by atoms with E-state index in [9.17, 15) is 4.79 Å². The van der Waals surface area contributed by atoms with Crippen LogP contribution < -0.4 is 5.32 Å². The van der Waals surface area contributed by atoms with E-state index < -0.39 is 11.7 Å². The number of aromatic nitrogens is 5. The van der Waals surface area contributed by atoms with Gasteiger partial charge in [-0.2, -0.15) is 10.2 Å². The highest BCUT2D eigenvalue weighted by Crippen LogP contribution is 2.28. The lowest BCUT2D eigenvalue weighted by atomic mass is 10.2. The van der Waals surface area contributed by atoms with Crippen LogP contribution in [-0.4, -0.2) is 36.1 Å². The minimum Gasteiger partial charge on any atom is -0.444 e. The Bertz CT molecular complexity index is 858. The molecule has 3 heterocycles. The lowest BCUT2D eigenvalue weighted by Gasteiger charge is -2.19. The van der Waals surface area contributed by atoms with E-state index in [0.717, 1.165) is 5.52 Å². The summed E-state index contributed by atoms with van der Waals surface area (Å²) in [6.45, 7) is 5.42. The summed E-state index contributed by atoms with van der Waals surface area (Å²) < 4.78 is 8.61. The second-order valence-electron chi connectivity index (χ2n) is 6.14. The number of aryl methyl sites for hydroxylation is 1.